The fourth-order valence-corrected chi connectivity index (χ4v) is 2.87. The molecule has 24 heavy (non-hydrogen) atoms. The number of rotatable bonds is 4. The summed E-state index contributed by atoms with van der Waals surface area (Å²) in [5.74, 6) is 0.661. The summed E-state index contributed by atoms with van der Waals surface area (Å²) in [6.45, 7) is 3.17. The molecule has 2 aromatic rings. The molecule has 0 aliphatic carbocycles. The number of carbonyl (C=O) groups is 1. The highest BCUT2D eigenvalue weighted by molar-refractivity contribution is 5.95. The number of piperidine rings is 1. The number of nitrogens with zero attached hydrogens (tertiary/aromatic N) is 2. The van der Waals surface area contributed by atoms with Crippen LogP contribution in [0.4, 0.5) is 5.69 Å². The van der Waals surface area contributed by atoms with Gasteiger partial charge in [-0.05, 0) is 25.1 Å². The van der Waals surface area contributed by atoms with E-state index >= 15 is 0 Å². The predicted octanol–water partition coefficient (Wildman–Crippen LogP) is 2.91. The topological polar surface area (TPSA) is 88.5 Å². The van der Waals surface area contributed by atoms with E-state index in [1.165, 1.54) is 12.1 Å². The van der Waals surface area contributed by atoms with Crippen LogP contribution >= 0.6 is 0 Å². The van der Waals surface area contributed by atoms with Crippen molar-refractivity contribution in [1.82, 2.24) is 9.88 Å². The van der Waals surface area contributed by atoms with E-state index in [-0.39, 0.29) is 17.7 Å². The zero-order valence-electron chi connectivity index (χ0n) is 13.4. The van der Waals surface area contributed by atoms with E-state index in [9.17, 15) is 14.9 Å². The molecule has 1 saturated heterocycles. The Labute approximate surface area is 139 Å². The van der Waals surface area contributed by atoms with Crippen LogP contribution < -0.4 is 4.74 Å². The largest absolute Gasteiger partial charge is 0.490 e. The van der Waals surface area contributed by atoms with Crippen LogP contribution in [0.3, 0.4) is 0 Å². The van der Waals surface area contributed by atoms with Crippen molar-refractivity contribution in [3.8, 4) is 5.75 Å². The zero-order chi connectivity index (χ0) is 17.1. The number of nitro groups is 1. The van der Waals surface area contributed by atoms with Crippen LogP contribution in [0.15, 0.2) is 36.5 Å². The van der Waals surface area contributed by atoms with E-state index in [1.807, 2.05) is 11.8 Å². The highest BCUT2D eigenvalue weighted by Gasteiger charge is 2.25. The molecule has 0 unspecified atom stereocenters. The fourth-order valence-electron chi connectivity index (χ4n) is 2.87. The summed E-state index contributed by atoms with van der Waals surface area (Å²) < 4.78 is 5.87. The van der Waals surface area contributed by atoms with Crippen LogP contribution in [0.1, 0.15) is 28.9 Å². The van der Waals surface area contributed by atoms with E-state index in [0.29, 0.717) is 24.4 Å². The number of aromatic amines is 1. The van der Waals surface area contributed by atoms with E-state index < -0.39 is 4.92 Å². The molecule has 0 bridgehead atoms. The average Bonchev–Trinajstić information content (AvgIpc) is 3.01. The molecule has 1 aromatic heterocycles. The van der Waals surface area contributed by atoms with Gasteiger partial charge in [-0.2, -0.15) is 0 Å². The van der Waals surface area contributed by atoms with E-state index in [1.54, 1.807) is 24.4 Å². The molecular weight excluding hydrogens is 310 g/mol. The third-order valence-electron chi connectivity index (χ3n) is 4.26. The number of carbonyl (C=O) groups excluding carboxylic acids is 1. The molecular formula is C17H19N3O4. The first-order valence-electron chi connectivity index (χ1n) is 7.89. The van der Waals surface area contributed by atoms with Gasteiger partial charge in [0.2, 0.25) is 0 Å². The monoisotopic (exact) mass is 329 g/mol. The first-order chi connectivity index (χ1) is 11.5. The summed E-state index contributed by atoms with van der Waals surface area (Å²) in [5.41, 5.74) is 1.64. The van der Waals surface area contributed by atoms with Gasteiger partial charge in [-0.3, -0.25) is 14.9 Å². The van der Waals surface area contributed by atoms with Gasteiger partial charge in [0.15, 0.2) is 0 Å². The highest BCUT2D eigenvalue weighted by Crippen LogP contribution is 2.23. The Morgan fingerprint density at radius 2 is 1.92 bits per heavy atom. The summed E-state index contributed by atoms with van der Waals surface area (Å²) >= 11 is 0. The smallest absolute Gasteiger partial charge is 0.269 e. The summed E-state index contributed by atoms with van der Waals surface area (Å²) in [6.07, 6.45) is 3.27. The van der Waals surface area contributed by atoms with Crippen LogP contribution in [0, 0.1) is 17.0 Å². The molecule has 7 heteroatoms. The molecule has 1 aromatic carbocycles. The molecule has 0 saturated carbocycles. The Morgan fingerprint density at radius 3 is 2.46 bits per heavy atom. The molecule has 1 fully saturated rings. The van der Waals surface area contributed by atoms with Crippen molar-refractivity contribution in [3.05, 3.63) is 57.9 Å². The number of H-pyrrole nitrogens is 1. The van der Waals surface area contributed by atoms with Crippen LogP contribution in [0.25, 0.3) is 0 Å². The maximum absolute atomic E-state index is 12.4. The summed E-state index contributed by atoms with van der Waals surface area (Å²) in [4.78, 5) is 27.5. The number of aromatic nitrogens is 1. The molecule has 7 nitrogen and oxygen atoms in total. The molecule has 1 N–H and O–H groups in total. The molecule has 1 aliphatic heterocycles. The van der Waals surface area contributed by atoms with Crippen molar-refractivity contribution >= 4 is 11.6 Å². The number of amides is 1. The third-order valence-corrected chi connectivity index (χ3v) is 4.26. The van der Waals surface area contributed by atoms with E-state index in [0.717, 1.165) is 18.5 Å². The van der Waals surface area contributed by atoms with E-state index in [2.05, 4.69) is 4.98 Å². The average molecular weight is 329 g/mol. The maximum Gasteiger partial charge on any atom is 0.269 e. The SMILES string of the molecule is Cc1[nH]ccc1C(=O)N1CCC(Oc2ccc([N+](=O)[O-])cc2)CC1. The second-order valence-corrected chi connectivity index (χ2v) is 5.88. The van der Waals surface area contributed by atoms with Crippen molar-refractivity contribution in [1.29, 1.82) is 0 Å². The van der Waals surface area contributed by atoms with Gasteiger partial charge >= 0.3 is 0 Å². The van der Waals surface area contributed by atoms with Crippen LogP contribution in [-0.4, -0.2) is 39.9 Å². The zero-order valence-corrected chi connectivity index (χ0v) is 13.4. The molecule has 1 aliphatic rings. The van der Waals surface area contributed by atoms with Crippen molar-refractivity contribution in [2.24, 2.45) is 0 Å². The van der Waals surface area contributed by atoms with Crippen molar-refractivity contribution in [2.45, 2.75) is 25.9 Å². The third kappa shape index (κ3) is 3.40. The normalized spacial score (nSPS) is 15.3. The first kappa shape index (κ1) is 16.0. The lowest BCUT2D eigenvalue weighted by molar-refractivity contribution is -0.384. The van der Waals surface area contributed by atoms with Gasteiger partial charge in [0, 0.05) is 50.0 Å². The van der Waals surface area contributed by atoms with Gasteiger partial charge in [-0.15, -0.1) is 0 Å². The Morgan fingerprint density at radius 1 is 1.25 bits per heavy atom. The molecule has 2 heterocycles. The highest BCUT2D eigenvalue weighted by atomic mass is 16.6. The van der Waals surface area contributed by atoms with Crippen LogP contribution in [0.2, 0.25) is 0 Å². The van der Waals surface area contributed by atoms with Gasteiger partial charge in [-0.1, -0.05) is 0 Å². The number of ether oxygens (including phenoxy) is 1. The number of non-ortho nitro benzene ring substituents is 1. The Balaban J connectivity index is 1.54. The van der Waals surface area contributed by atoms with Crippen LogP contribution in [0.5, 0.6) is 5.75 Å². The molecule has 1 amide bonds. The quantitative estimate of drug-likeness (QED) is 0.690. The molecule has 0 atom stereocenters. The minimum Gasteiger partial charge on any atom is -0.490 e. The molecule has 0 spiro atoms. The maximum atomic E-state index is 12.4. The van der Waals surface area contributed by atoms with Crippen molar-refractivity contribution in [2.75, 3.05) is 13.1 Å². The Hall–Kier alpha value is -2.83. The number of aryl methyl sites for hydroxylation is 1. The van der Waals surface area contributed by atoms with Crippen LogP contribution in [-0.2, 0) is 0 Å². The predicted molar refractivity (Wildman–Crippen MR) is 88.2 cm³/mol. The lowest BCUT2D eigenvalue weighted by Crippen LogP contribution is -2.41. The van der Waals surface area contributed by atoms with Gasteiger partial charge < -0.3 is 14.6 Å². The number of hydrogen-bond donors (Lipinski definition) is 1. The van der Waals surface area contributed by atoms with Gasteiger partial charge in [-0.25, -0.2) is 0 Å². The summed E-state index contributed by atoms with van der Waals surface area (Å²) in [5, 5.41) is 10.6. The molecule has 3 rings (SSSR count). The standard InChI is InChI=1S/C17H19N3O4/c1-12-16(6-9-18-12)17(21)19-10-7-15(8-11-19)24-14-4-2-13(3-5-14)20(22)23/h2-6,9,15,18H,7-8,10-11H2,1H3. The van der Waals surface area contributed by atoms with Crippen molar-refractivity contribution in [3.63, 3.8) is 0 Å². The summed E-state index contributed by atoms with van der Waals surface area (Å²) in [6, 6.07) is 7.89. The lowest BCUT2D eigenvalue weighted by atomic mass is 10.1. The van der Waals surface area contributed by atoms with Gasteiger partial charge in [0.1, 0.15) is 11.9 Å². The second-order valence-electron chi connectivity index (χ2n) is 5.88. The minimum atomic E-state index is -0.434. The van der Waals surface area contributed by atoms with Crippen molar-refractivity contribution < 1.29 is 14.5 Å². The summed E-state index contributed by atoms with van der Waals surface area (Å²) in [7, 11) is 0. The number of likely N-dealkylation sites (tertiary alicyclic amines) is 1. The van der Waals surface area contributed by atoms with Gasteiger partial charge in [0.05, 0.1) is 10.5 Å². The molecule has 126 valence electrons. The molecule has 0 radical (unpaired) electrons. The number of benzene rings is 1. The number of nitrogens with one attached hydrogen (secondary N) is 1. The fraction of sp³-hybridized carbons (Fsp3) is 0.353. The minimum absolute atomic E-state index is 0.0165. The number of nitro benzene ring substituents is 1. The van der Waals surface area contributed by atoms with Gasteiger partial charge in [0.25, 0.3) is 11.6 Å². The second kappa shape index (κ2) is 6.74. The number of hydrogen-bond acceptors (Lipinski definition) is 4. The lowest BCUT2D eigenvalue weighted by Gasteiger charge is -2.32. The Kier molecular flexibility index (Phi) is 4.50. The Bertz CT molecular complexity index is 731. The van der Waals surface area contributed by atoms with E-state index in [4.69, 9.17) is 4.74 Å². The first-order valence-corrected chi connectivity index (χ1v) is 7.89.